The number of aromatic nitrogens is 3. The van der Waals surface area contributed by atoms with E-state index in [-0.39, 0.29) is 11.3 Å². The van der Waals surface area contributed by atoms with Crippen molar-refractivity contribution in [1.29, 1.82) is 0 Å². The zero-order valence-corrected chi connectivity index (χ0v) is 18.6. The van der Waals surface area contributed by atoms with Crippen LogP contribution in [0.3, 0.4) is 0 Å². The van der Waals surface area contributed by atoms with Crippen LogP contribution in [0.4, 0.5) is 0 Å². The van der Waals surface area contributed by atoms with Crippen molar-refractivity contribution in [2.45, 2.75) is 6.92 Å². The van der Waals surface area contributed by atoms with Crippen molar-refractivity contribution in [2.75, 3.05) is 0 Å². The molecule has 6 nitrogen and oxygen atoms in total. The summed E-state index contributed by atoms with van der Waals surface area (Å²) in [6.45, 7) is 1.53. The summed E-state index contributed by atoms with van der Waals surface area (Å²) in [6.07, 6.45) is 1.69. The quantitative estimate of drug-likeness (QED) is 0.343. The van der Waals surface area contributed by atoms with E-state index >= 15 is 0 Å². The lowest BCUT2D eigenvalue weighted by Crippen LogP contribution is -2.23. The smallest absolute Gasteiger partial charge is 0.291 e. The number of furan rings is 1. The van der Waals surface area contributed by atoms with Crippen LogP contribution < -0.4 is 10.1 Å². The Bertz CT molecular complexity index is 1550. The maximum atomic E-state index is 12.8. The summed E-state index contributed by atoms with van der Waals surface area (Å²) in [5.74, 6) is 1.72. The van der Waals surface area contributed by atoms with E-state index in [1.54, 1.807) is 24.3 Å². The van der Waals surface area contributed by atoms with Gasteiger partial charge < -0.3 is 4.42 Å². The molecule has 0 atom stereocenters. The summed E-state index contributed by atoms with van der Waals surface area (Å²) in [5.41, 5.74) is 2.09. The minimum atomic E-state index is -0.241. The average molecular weight is 492 g/mol. The zero-order chi connectivity index (χ0) is 21.5. The number of benzene rings is 2. The van der Waals surface area contributed by atoms with Crippen LogP contribution in [0.15, 0.2) is 74.3 Å². The molecule has 0 amide bonds. The van der Waals surface area contributed by atoms with Gasteiger partial charge in [-0.2, -0.15) is 9.50 Å². The topological polar surface area (TPSA) is 77.5 Å². The van der Waals surface area contributed by atoms with E-state index in [1.807, 2.05) is 42.5 Å². The molecule has 0 aliphatic rings. The highest BCUT2D eigenvalue weighted by Gasteiger charge is 2.14. The first kappa shape index (κ1) is 19.6. The van der Waals surface area contributed by atoms with Crippen molar-refractivity contribution < 1.29 is 9.21 Å². The lowest BCUT2D eigenvalue weighted by molar-refractivity contribution is 0.101. The second kappa shape index (κ2) is 7.72. The number of hydrogen-bond donors (Lipinski definition) is 0. The number of hydrogen-bond acceptors (Lipinski definition) is 6. The van der Waals surface area contributed by atoms with Gasteiger partial charge in [-0.25, -0.2) is 0 Å². The van der Waals surface area contributed by atoms with Gasteiger partial charge in [0.15, 0.2) is 11.6 Å². The molecule has 0 N–H and O–H groups in total. The summed E-state index contributed by atoms with van der Waals surface area (Å²) < 4.78 is 8.55. The first-order valence-corrected chi connectivity index (χ1v) is 11.0. The minimum absolute atomic E-state index is 0.0158. The average Bonchev–Trinajstić information content (AvgIpc) is 3.46. The van der Waals surface area contributed by atoms with E-state index in [9.17, 15) is 9.59 Å². The second-order valence-corrected chi connectivity index (χ2v) is 8.72. The Hall–Kier alpha value is -3.36. The highest BCUT2D eigenvalue weighted by molar-refractivity contribution is 9.10. The zero-order valence-electron chi connectivity index (χ0n) is 16.2. The Labute approximate surface area is 188 Å². The van der Waals surface area contributed by atoms with E-state index < -0.39 is 0 Å². The molecule has 0 bridgehead atoms. The predicted molar refractivity (Wildman–Crippen MR) is 123 cm³/mol. The van der Waals surface area contributed by atoms with E-state index in [0.29, 0.717) is 32.4 Å². The lowest BCUT2D eigenvalue weighted by atomic mass is 10.1. The number of halogens is 1. The van der Waals surface area contributed by atoms with Crippen molar-refractivity contribution in [3.8, 4) is 22.7 Å². The number of ketones is 1. The van der Waals surface area contributed by atoms with Crippen LogP contribution in [0.25, 0.3) is 33.7 Å². The maximum Gasteiger partial charge on any atom is 0.291 e. The molecule has 0 radical (unpaired) electrons. The molecule has 3 aromatic heterocycles. The number of nitrogens with zero attached hydrogens (tertiary/aromatic N) is 3. The van der Waals surface area contributed by atoms with Crippen LogP contribution in [0.1, 0.15) is 23.0 Å². The third kappa shape index (κ3) is 3.64. The van der Waals surface area contributed by atoms with Crippen molar-refractivity contribution in [2.24, 2.45) is 0 Å². The monoisotopic (exact) mass is 491 g/mol. The molecule has 3 heterocycles. The molecule has 0 unspecified atom stereocenters. The highest BCUT2D eigenvalue weighted by Crippen LogP contribution is 2.26. The van der Waals surface area contributed by atoms with Gasteiger partial charge in [0.25, 0.3) is 5.56 Å². The Balaban J connectivity index is 1.49. The number of carbonyl (C=O) groups is 1. The molecule has 0 aliphatic carbocycles. The molecule has 5 rings (SSSR count). The molecule has 0 aliphatic heterocycles. The molecular weight excluding hydrogens is 478 g/mol. The third-order valence-electron chi connectivity index (χ3n) is 4.77. The Kier molecular flexibility index (Phi) is 4.88. The van der Waals surface area contributed by atoms with Gasteiger partial charge in [0.1, 0.15) is 16.1 Å². The minimum Gasteiger partial charge on any atom is -0.457 e. The van der Waals surface area contributed by atoms with Gasteiger partial charge in [-0.1, -0.05) is 63.7 Å². The molecule has 8 heteroatoms. The maximum absolute atomic E-state index is 12.8. The Morgan fingerprint density at radius 1 is 1.10 bits per heavy atom. The van der Waals surface area contributed by atoms with Crippen molar-refractivity contribution >= 4 is 44.1 Å². The van der Waals surface area contributed by atoms with Crippen LogP contribution in [0.5, 0.6) is 0 Å². The van der Waals surface area contributed by atoms with Gasteiger partial charge in [-0.3, -0.25) is 9.59 Å². The number of fused-ring (bicyclic) bond motifs is 1. The van der Waals surface area contributed by atoms with Gasteiger partial charge in [-0.15, -0.1) is 5.10 Å². The lowest BCUT2D eigenvalue weighted by Gasteiger charge is -1.98. The van der Waals surface area contributed by atoms with Crippen LogP contribution in [-0.2, 0) is 0 Å². The molecule has 0 saturated heterocycles. The molecular formula is C23H14BrN3O3S. The summed E-state index contributed by atoms with van der Waals surface area (Å²) >= 11 is 4.75. The number of rotatable bonds is 4. The highest BCUT2D eigenvalue weighted by atomic mass is 79.9. The molecule has 31 heavy (non-hydrogen) atoms. The van der Waals surface area contributed by atoms with Gasteiger partial charge >= 0.3 is 0 Å². The molecule has 5 aromatic rings. The number of Topliss-reactive ketones (excluding diaryl/α,β-unsaturated/α-hetero) is 1. The Morgan fingerprint density at radius 2 is 1.87 bits per heavy atom. The van der Waals surface area contributed by atoms with Gasteiger partial charge in [0.2, 0.25) is 4.96 Å². The van der Waals surface area contributed by atoms with Gasteiger partial charge in [0.05, 0.1) is 0 Å². The number of carbonyl (C=O) groups excluding carboxylic acids is 1. The van der Waals surface area contributed by atoms with E-state index in [0.717, 1.165) is 15.6 Å². The standard InChI is InChI=1S/C23H14BrN3O3S/c1-13(28)14-6-8-15(9-7-14)19-11-10-16(30-19)12-20-22(29)27-23(31-20)25-21(26-27)17-4-2-3-5-18(17)24/h2-12H,1H3. The number of thiazole rings is 1. The van der Waals surface area contributed by atoms with Gasteiger partial charge in [0, 0.05) is 27.2 Å². The van der Waals surface area contributed by atoms with E-state index in [4.69, 9.17) is 4.42 Å². The van der Waals surface area contributed by atoms with Crippen molar-refractivity contribution in [3.63, 3.8) is 0 Å². The molecule has 0 saturated carbocycles. The second-order valence-electron chi connectivity index (χ2n) is 6.86. The van der Waals surface area contributed by atoms with Crippen molar-refractivity contribution in [1.82, 2.24) is 14.6 Å². The predicted octanol–water partition coefficient (Wildman–Crippen LogP) is 4.59. The summed E-state index contributed by atoms with van der Waals surface area (Å²) in [5, 5.41) is 4.38. The third-order valence-corrected chi connectivity index (χ3v) is 6.42. The summed E-state index contributed by atoms with van der Waals surface area (Å²) in [4.78, 5) is 29.3. The SMILES string of the molecule is CC(=O)c1ccc(-c2ccc(C=c3sc4nc(-c5ccccc5Br)nn4c3=O)o2)cc1. The first-order valence-electron chi connectivity index (χ1n) is 9.37. The van der Waals surface area contributed by atoms with Gasteiger partial charge in [-0.05, 0) is 31.2 Å². The van der Waals surface area contributed by atoms with Crippen LogP contribution in [-0.4, -0.2) is 20.4 Å². The fourth-order valence-electron chi connectivity index (χ4n) is 3.17. The summed E-state index contributed by atoms with van der Waals surface area (Å²) in [7, 11) is 0. The first-order chi connectivity index (χ1) is 15.0. The largest absolute Gasteiger partial charge is 0.457 e. The molecule has 2 aromatic carbocycles. The fourth-order valence-corrected chi connectivity index (χ4v) is 4.52. The summed E-state index contributed by atoms with van der Waals surface area (Å²) in [6, 6.07) is 18.5. The van der Waals surface area contributed by atoms with Crippen LogP contribution in [0, 0.1) is 0 Å². The molecule has 152 valence electrons. The van der Waals surface area contributed by atoms with Crippen LogP contribution in [0.2, 0.25) is 0 Å². The molecule has 0 spiro atoms. The fraction of sp³-hybridized carbons (Fsp3) is 0.0435. The van der Waals surface area contributed by atoms with E-state index in [1.165, 1.54) is 22.8 Å². The van der Waals surface area contributed by atoms with E-state index in [2.05, 4.69) is 26.0 Å². The Morgan fingerprint density at radius 3 is 2.58 bits per heavy atom. The van der Waals surface area contributed by atoms with Crippen molar-refractivity contribution in [3.05, 3.63) is 91.3 Å². The molecule has 0 fully saturated rings. The normalized spacial score (nSPS) is 12.0. The van der Waals surface area contributed by atoms with Crippen LogP contribution >= 0.6 is 27.3 Å².